The number of piperazine rings is 1. The molecule has 0 aromatic carbocycles. The minimum absolute atomic E-state index is 0.490. The molecular weight excluding hydrogens is 210 g/mol. The molecule has 1 aromatic heterocycles. The zero-order chi connectivity index (χ0) is 11.9. The van der Waals surface area contributed by atoms with Gasteiger partial charge in [-0.3, -0.25) is 9.88 Å². The lowest BCUT2D eigenvalue weighted by Gasteiger charge is -2.35. The molecule has 2 rings (SSSR count). The smallest absolute Gasteiger partial charge is 0.0367 e. The second kappa shape index (κ2) is 6.52. The van der Waals surface area contributed by atoms with Gasteiger partial charge in [0.05, 0.1) is 0 Å². The Labute approximate surface area is 104 Å². The van der Waals surface area contributed by atoms with E-state index in [1.165, 1.54) is 5.56 Å². The van der Waals surface area contributed by atoms with Crippen LogP contribution < -0.4 is 5.32 Å². The van der Waals surface area contributed by atoms with E-state index >= 15 is 0 Å². The fourth-order valence-corrected chi connectivity index (χ4v) is 2.40. The van der Waals surface area contributed by atoms with Crippen molar-refractivity contribution in [2.45, 2.75) is 18.9 Å². The average molecular weight is 231 g/mol. The van der Waals surface area contributed by atoms with E-state index in [0.29, 0.717) is 6.04 Å². The third-order valence-electron chi connectivity index (χ3n) is 3.31. The number of nitrogens with one attached hydrogen (secondary N) is 1. The van der Waals surface area contributed by atoms with Crippen molar-refractivity contribution in [3.05, 3.63) is 42.7 Å². The first-order chi connectivity index (χ1) is 8.42. The summed E-state index contributed by atoms with van der Waals surface area (Å²) >= 11 is 0. The molecule has 3 heteroatoms. The van der Waals surface area contributed by atoms with Gasteiger partial charge in [0.15, 0.2) is 0 Å². The van der Waals surface area contributed by atoms with Gasteiger partial charge in [-0.05, 0) is 24.5 Å². The summed E-state index contributed by atoms with van der Waals surface area (Å²) in [5.41, 5.74) is 1.33. The molecule has 0 aliphatic carbocycles. The topological polar surface area (TPSA) is 28.2 Å². The van der Waals surface area contributed by atoms with Crippen molar-refractivity contribution in [1.29, 1.82) is 0 Å². The van der Waals surface area contributed by atoms with Crippen LogP contribution in [0.4, 0.5) is 0 Å². The summed E-state index contributed by atoms with van der Waals surface area (Å²) in [6.07, 6.45) is 8.03. The Morgan fingerprint density at radius 2 is 2.29 bits per heavy atom. The fraction of sp³-hybridized carbons (Fsp3) is 0.500. The zero-order valence-electron chi connectivity index (χ0n) is 10.3. The molecule has 0 radical (unpaired) electrons. The van der Waals surface area contributed by atoms with Crippen LogP contribution in [0.3, 0.4) is 0 Å². The Kier molecular flexibility index (Phi) is 4.71. The quantitative estimate of drug-likeness (QED) is 0.786. The summed E-state index contributed by atoms with van der Waals surface area (Å²) in [6, 6.07) is 4.70. The van der Waals surface area contributed by atoms with E-state index in [1.54, 1.807) is 0 Å². The van der Waals surface area contributed by atoms with Gasteiger partial charge in [0.25, 0.3) is 0 Å². The zero-order valence-corrected chi connectivity index (χ0v) is 10.3. The van der Waals surface area contributed by atoms with Crippen molar-refractivity contribution in [3.8, 4) is 0 Å². The molecule has 1 aliphatic rings. The van der Waals surface area contributed by atoms with E-state index in [-0.39, 0.29) is 0 Å². The number of nitrogens with zero attached hydrogens (tertiary/aromatic N) is 2. The fourth-order valence-electron chi connectivity index (χ4n) is 2.40. The van der Waals surface area contributed by atoms with Crippen LogP contribution >= 0.6 is 0 Å². The SMILES string of the molecule is C=CCC[C@@H](c1cccnc1)N1CCNCC1. The molecule has 1 saturated heterocycles. The van der Waals surface area contributed by atoms with Crippen LogP contribution in [0.5, 0.6) is 0 Å². The second-order valence-corrected chi connectivity index (χ2v) is 4.45. The van der Waals surface area contributed by atoms with Gasteiger partial charge in [-0.1, -0.05) is 12.1 Å². The van der Waals surface area contributed by atoms with E-state index in [9.17, 15) is 0 Å². The number of hydrogen-bond acceptors (Lipinski definition) is 3. The highest BCUT2D eigenvalue weighted by Crippen LogP contribution is 2.25. The third-order valence-corrected chi connectivity index (χ3v) is 3.31. The number of pyridine rings is 1. The molecule has 1 N–H and O–H groups in total. The summed E-state index contributed by atoms with van der Waals surface area (Å²) in [6.45, 7) is 8.24. The lowest BCUT2D eigenvalue weighted by Crippen LogP contribution is -2.45. The van der Waals surface area contributed by atoms with Gasteiger partial charge in [0.2, 0.25) is 0 Å². The van der Waals surface area contributed by atoms with Crippen LogP contribution in [0, 0.1) is 0 Å². The minimum Gasteiger partial charge on any atom is -0.314 e. The monoisotopic (exact) mass is 231 g/mol. The first-order valence-corrected chi connectivity index (χ1v) is 6.37. The Morgan fingerprint density at radius 1 is 1.47 bits per heavy atom. The molecule has 0 amide bonds. The lowest BCUT2D eigenvalue weighted by molar-refractivity contribution is 0.166. The molecule has 3 nitrogen and oxygen atoms in total. The van der Waals surface area contributed by atoms with E-state index in [2.05, 4.69) is 27.8 Å². The normalized spacial score (nSPS) is 18.8. The highest BCUT2D eigenvalue weighted by Gasteiger charge is 2.21. The average Bonchev–Trinajstić information content (AvgIpc) is 2.42. The Hall–Kier alpha value is -1.19. The van der Waals surface area contributed by atoms with E-state index < -0.39 is 0 Å². The number of allylic oxidation sites excluding steroid dienone is 1. The van der Waals surface area contributed by atoms with Gasteiger partial charge < -0.3 is 5.32 Å². The van der Waals surface area contributed by atoms with Crippen LogP contribution in [-0.4, -0.2) is 36.1 Å². The first-order valence-electron chi connectivity index (χ1n) is 6.37. The summed E-state index contributed by atoms with van der Waals surface area (Å²) in [5.74, 6) is 0. The molecule has 0 saturated carbocycles. The Bertz CT molecular complexity index is 331. The molecule has 1 aliphatic heterocycles. The Morgan fingerprint density at radius 3 is 2.94 bits per heavy atom. The maximum Gasteiger partial charge on any atom is 0.0367 e. The van der Waals surface area contributed by atoms with Gasteiger partial charge in [-0.2, -0.15) is 0 Å². The molecule has 17 heavy (non-hydrogen) atoms. The van der Waals surface area contributed by atoms with E-state index in [0.717, 1.165) is 39.0 Å². The van der Waals surface area contributed by atoms with E-state index in [1.807, 2.05) is 24.5 Å². The summed E-state index contributed by atoms with van der Waals surface area (Å²) in [7, 11) is 0. The van der Waals surface area contributed by atoms with Gasteiger partial charge in [-0.25, -0.2) is 0 Å². The highest BCUT2D eigenvalue weighted by molar-refractivity contribution is 5.14. The van der Waals surface area contributed by atoms with Crippen LogP contribution in [0.1, 0.15) is 24.4 Å². The molecule has 1 aromatic rings. The summed E-state index contributed by atoms with van der Waals surface area (Å²) in [5, 5.41) is 3.40. The Balaban J connectivity index is 2.09. The highest BCUT2D eigenvalue weighted by atomic mass is 15.2. The van der Waals surface area contributed by atoms with Crippen molar-refractivity contribution in [3.63, 3.8) is 0 Å². The standard InChI is InChI=1S/C14H21N3/c1-2-3-6-14(13-5-4-7-16-12-13)17-10-8-15-9-11-17/h2,4-5,7,12,14-15H,1,3,6,8-11H2/t14-/m0/s1. The first kappa shape index (κ1) is 12.3. The molecule has 2 heterocycles. The van der Waals surface area contributed by atoms with Crippen molar-refractivity contribution in [1.82, 2.24) is 15.2 Å². The van der Waals surface area contributed by atoms with Crippen LogP contribution in [-0.2, 0) is 0 Å². The van der Waals surface area contributed by atoms with Gasteiger partial charge in [0.1, 0.15) is 0 Å². The molecule has 1 fully saturated rings. The molecule has 0 spiro atoms. The van der Waals surface area contributed by atoms with Crippen LogP contribution in [0.15, 0.2) is 37.2 Å². The summed E-state index contributed by atoms with van der Waals surface area (Å²) < 4.78 is 0. The van der Waals surface area contributed by atoms with Crippen molar-refractivity contribution in [2.24, 2.45) is 0 Å². The predicted molar refractivity (Wildman–Crippen MR) is 70.9 cm³/mol. The van der Waals surface area contributed by atoms with Crippen LogP contribution in [0.25, 0.3) is 0 Å². The lowest BCUT2D eigenvalue weighted by atomic mass is 10.0. The maximum atomic E-state index is 4.24. The van der Waals surface area contributed by atoms with Crippen molar-refractivity contribution < 1.29 is 0 Å². The molecule has 92 valence electrons. The summed E-state index contributed by atoms with van der Waals surface area (Å²) in [4.78, 5) is 6.79. The van der Waals surface area contributed by atoms with E-state index in [4.69, 9.17) is 0 Å². The number of aromatic nitrogens is 1. The largest absolute Gasteiger partial charge is 0.314 e. The minimum atomic E-state index is 0.490. The van der Waals surface area contributed by atoms with Crippen molar-refractivity contribution >= 4 is 0 Å². The predicted octanol–water partition coefficient (Wildman–Crippen LogP) is 1.99. The third kappa shape index (κ3) is 3.38. The number of rotatable bonds is 5. The molecule has 0 unspecified atom stereocenters. The van der Waals surface area contributed by atoms with Gasteiger partial charge in [-0.15, -0.1) is 6.58 Å². The maximum absolute atomic E-state index is 4.24. The molecule has 1 atom stereocenters. The van der Waals surface area contributed by atoms with Crippen molar-refractivity contribution in [2.75, 3.05) is 26.2 Å². The van der Waals surface area contributed by atoms with Gasteiger partial charge in [0, 0.05) is 44.6 Å². The molecule has 0 bridgehead atoms. The molecular formula is C14H21N3. The second-order valence-electron chi connectivity index (χ2n) is 4.45. The van der Waals surface area contributed by atoms with Gasteiger partial charge >= 0.3 is 0 Å². The number of hydrogen-bond donors (Lipinski definition) is 1. The van der Waals surface area contributed by atoms with Crippen LogP contribution in [0.2, 0.25) is 0 Å².